The summed E-state index contributed by atoms with van der Waals surface area (Å²) in [6, 6.07) is 14.0. The molecule has 1 atom stereocenters. The van der Waals surface area contributed by atoms with Crippen molar-refractivity contribution in [3.05, 3.63) is 70.2 Å². The average molecular weight is 407 g/mol. The van der Waals surface area contributed by atoms with Crippen LogP contribution in [0.3, 0.4) is 0 Å². The molecule has 0 spiro atoms. The number of Topliss-reactive ketones (excluding diaryl/α,β-unsaturated/α-hetero) is 1. The van der Waals surface area contributed by atoms with Gasteiger partial charge in [-0.2, -0.15) is 0 Å². The van der Waals surface area contributed by atoms with E-state index in [1.165, 1.54) is 0 Å². The van der Waals surface area contributed by atoms with Crippen molar-refractivity contribution >= 4 is 35.7 Å². The standard InChI is InChI=1S/C21H23ClN2O2.ClH/c1-14-2-4-15(5-3-14)19(23)21(26)24-12-10-17(11-13-24)20(25)16-6-8-18(22)9-7-16;/h2-9,17,19H,10-13,23H2,1H3;1H. The number of nitrogens with zero attached hydrogens (tertiary/aromatic N) is 1. The number of hydrogen-bond donors (Lipinski definition) is 1. The highest BCUT2D eigenvalue weighted by Crippen LogP contribution is 2.24. The summed E-state index contributed by atoms with van der Waals surface area (Å²) in [4.78, 5) is 27.0. The molecular weight excluding hydrogens is 383 g/mol. The van der Waals surface area contributed by atoms with Crippen LogP contribution >= 0.6 is 24.0 Å². The van der Waals surface area contributed by atoms with Crippen LogP contribution in [0.2, 0.25) is 5.02 Å². The zero-order valence-corrected chi connectivity index (χ0v) is 16.8. The zero-order chi connectivity index (χ0) is 18.7. The Morgan fingerprint density at radius 1 is 1.04 bits per heavy atom. The number of carbonyl (C=O) groups is 2. The van der Waals surface area contributed by atoms with Gasteiger partial charge < -0.3 is 10.6 Å². The molecule has 6 heteroatoms. The number of nitrogens with two attached hydrogens (primary N) is 1. The third-order valence-corrected chi connectivity index (χ3v) is 5.26. The van der Waals surface area contributed by atoms with Crippen LogP contribution in [0.4, 0.5) is 0 Å². The van der Waals surface area contributed by atoms with Crippen LogP contribution in [-0.4, -0.2) is 29.7 Å². The first-order chi connectivity index (χ1) is 12.5. The largest absolute Gasteiger partial charge is 0.341 e. The lowest BCUT2D eigenvalue weighted by atomic mass is 9.88. The van der Waals surface area contributed by atoms with Gasteiger partial charge in [0.05, 0.1) is 0 Å². The Balaban J connectivity index is 0.00000261. The molecule has 1 unspecified atom stereocenters. The molecule has 3 rings (SSSR count). The summed E-state index contributed by atoms with van der Waals surface area (Å²) >= 11 is 5.88. The number of rotatable bonds is 4. The van der Waals surface area contributed by atoms with Gasteiger partial charge in [0.2, 0.25) is 5.91 Å². The van der Waals surface area contributed by atoms with Crippen molar-refractivity contribution < 1.29 is 9.59 Å². The number of hydrogen-bond acceptors (Lipinski definition) is 3. The molecule has 1 heterocycles. The molecule has 0 aromatic heterocycles. The Bertz CT molecular complexity index is 783. The lowest BCUT2D eigenvalue weighted by Gasteiger charge is -2.33. The second kappa shape index (κ2) is 9.36. The van der Waals surface area contributed by atoms with Crippen molar-refractivity contribution in [2.75, 3.05) is 13.1 Å². The maximum atomic E-state index is 12.7. The Labute approximate surface area is 171 Å². The van der Waals surface area contributed by atoms with E-state index in [0.29, 0.717) is 36.5 Å². The van der Waals surface area contributed by atoms with Crippen LogP contribution < -0.4 is 5.73 Å². The molecule has 1 fully saturated rings. The van der Waals surface area contributed by atoms with Crippen molar-refractivity contribution in [2.45, 2.75) is 25.8 Å². The third-order valence-electron chi connectivity index (χ3n) is 5.01. The molecule has 2 aromatic carbocycles. The first kappa shape index (κ1) is 21.4. The van der Waals surface area contributed by atoms with E-state index in [2.05, 4.69) is 0 Å². The summed E-state index contributed by atoms with van der Waals surface area (Å²) in [5, 5.41) is 0.618. The van der Waals surface area contributed by atoms with Gasteiger partial charge in [0, 0.05) is 29.6 Å². The Morgan fingerprint density at radius 3 is 2.15 bits per heavy atom. The topological polar surface area (TPSA) is 63.4 Å². The maximum Gasteiger partial charge on any atom is 0.244 e. The fourth-order valence-electron chi connectivity index (χ4n) is 3.32. The number of piperidine rings is 1. The van der Waals surface area contributed by atoms with Gasteiger partial charge in [-0.3, -0.25) is 9.59 Å². The Morgan fingerprint density at radius 2 is 1.59 bits per heavy atom. The maximum absolute atomic E-state index is 12.7. The SMILES string of the molecule is Cc1ccc(C(N)C(=O)N2CCC(C(=O)c3ccc(Cl)cc3)CC2)cc1.Cl. The van der Waals surface area contributed by atoms with Crippen LogP contribution in [0, 0.1) is 12.8 Å². The van der Waals surface area contributed by atoms with Gasteiger partial charge >= 0.3 is 0 Å². The lowest BCUT2D eigenvalue weighted by molar-refractivity contribution is -0.134. The molecule has 1 aliphatic rings. The predicted octanol–water partition coefficient (Wildman–Crippen LogP) is 4.19. The molecule has 0 saturated carbocycles. The molecule has 2 aromatic rings. The van der Waals surface area contributed by atoms with Gasteiger partial charge in [-0.25, -0.2) is 0 Å². The smallest absolute Gasteiger partial charge is 0.244 e. The summed E-state index contributed by atoms with van der Waals surface area (Å²) < 4.78 is 0. The molecule has 1 aliphatic heterocycles. The molecule has 144 valence electrons. The van der Waals surface area contributed by atoms with E-state index >= 15 is 0 Å². The quantitative estimate of drug-likeness (QED) is 0.773. The van der Waals surface area contributed by atoms with E-state index in [1.807, 2.05) is 31.2 Å². The molecule has 27 heavy (non-hydrogen) atoms. The van der Waals surface area contributed by atoms with Crippen molar-refractivity contribution in [2.24, 2.45) is 11.7 Å². The highest BCUT2D eigenvalue weighted by molar-refractivity contribution is 6.30. The van der Waals surface area contributed by atoms with Gasteiger partial charge in [-0.05, 0) is 49.6 Å². The first-order valence-corrected chi connectivity index (χ1v) is 9.24. The number of benzene rings is 2. The summed E-state index contributed by atoms with van der Waals surface area (Å²) in [6.45, 7) is 3.12. The Kier molecular flexibility index (Phi) is 7.42. The highest BCUT2D eigenvalue weighted by Gasteiger charge is 2.30. The molecule has 1 amide bonds. The summed E-state index contributed by atoms with van der Waals surface area (Å²) in [5.41, 5.74) is 8.78. The number of carbonyl (C=O) groups excluding carboxylic acids is 2. The first-order valence-electron chi connectivity index (χ1n) is 8.86. The van der Waals surface area contributed by atoms with Crippen LogP contribution in [0.25, 0.3) is 0 Å². The second-order valence-electron chi connectivity index (χ2n) is 6.86. The molecule has 0 aliphatic carbocycles. The van der Waals surface area contributed by atoms with E-state index in [-0.39, 0.29) is 30.0 Å². The Hall–Kier alpha value is -1.88. The van der Waals surface area contributed by atoms with Gasteiger partial charge in [-0.15, -0.1) is 12.4 Å². The molecule has 4 nitrogen and oxygen atoms in total. The van der Waals surface area contributed by atoms with Gasteiger partial charge in [0.25, 0.3) is 0 Å². The fraction of sp³-hybridized carbons (Fsp3) is 0.333. The number of halogens is 2. The van der Waals surface area contributed by atoms with Crippen LogP contribution in [0.1, 0.15) is 40.4 Å². The minimum absolute atomic E-state index is 0. The number of likely N-dealkylation sites (tertiary alicyclic amines) is 1. The third kappa shape index (κ3) is 5.10. The fourth-order valence-corrected chi connectivity index (χ4v) is 3.45. The van der Waals surface area contributed by atoms with E-state index in [4.69, 9.17) is 17.3 Å². The minimum atomic E-state index is -0.654. The minimum Gasteiger partial charge on any atom is -0.341 e. The summed E-state index contributed by atoms with van der Waals surface area (Å²) in [7, 11) is 0. The van der Waals surface area contributed by atoms with Crippen molar-refractivity contribution in [1.82, 2.24) is 4.90 Å². The lowest BCUT2D eigenvalue weighted by Crippen LogP contribution is -2.44. The predicted molar refractivity (Wildman–Crippen MR) is 110 cm³/mol. The van der Waals surface area contributed by atoms with Crippen LogP contribution in [-0.2, 0) is 4.79 Å². The number of ketones is 1. The van der Waals surface area contributed by atoms with E-state index in [9.17, 15) is 9.59 Å². The zero-order valence-electron chi connectivity index (χ0n) is 15.2. The number of aryl methyl sites for hydroxylation is 1. The molecular formula is C21H24Cl2N2O2. The van der Waals surface area contributed by atoms with Crippen LogP contribution in [0.15, 0.2) is 48.5 Å². The van der Waals surface area contributed by atoms with E-state index in [0.717, 1.165) is 11.1 Å². The van der Waals surface area contributed by atoms with Gasteiger partial charge in [-0.1, -0.05) is 41.4 Å². The monoisotopic (exact) mass is 406 g/mol. The highest BCUT2D eigenvalue weighted by atomic mass is 35.5. The van der Waals surface area contributed by atoms with Crippen molar-refractivity contribution in [1.29, 1.82) is 0 Å². The number of amides is 1. The molecule has 2 N–H and O–H groups in total. The van der Waals surface area contributed by atoms with Crippen molar-refractivity contribution in [3.8, 4) is 0 Å². The van der Waals surface area contributed by atoms with E-state index in [1.54, 1.807) is 29.2 Å². The summed E-state index contributed by atoms with van der Waals surface area (Å²) in [5.74, 6) is -0.0151. The molecule has 1 saturated heterocycles. The van der Waals surface area contributed by atoms with Gasteiger partial charge in [0.15, 0.2) is 5.78 Å². The van der Waals surface area contributed by atoms with Crippen molar-refractivity contribution in [3.63, 3.8) is 0 Å². The molecule has 0 bridgehead atoms. The average Bonchev–Trinajstić information content (AvgIpc) is 2.67. The van der Waals surface area contributed by atoms with E-state index < -0.39 is 6.04 Å². The molecule has 0 radical (unpaired) electrons. The van der Waals surface area contributed by atoms with Gasteiger partial charge in [0.1, 0.15) is 6.04 Å². The second-order valence-corrected chi connectivity index (χ2v) is 7.30. The van der Waals surface area contributed by atoms with Crippen LogP contribution in [0.5, 0.6) is 0 Å². The normalized spacial score (nSPS) is 15.7. The summed E-state index contributed by atoms with van der Waals surface area (Å²) in [6.07, 6.45) is 1.32.